The normalized spacial score (nSPS) is 13.2. The smallest absolute Gasteiger partial charge is 0.0991 e. The molecule has 104 valence electrons. The third-order valence-electron chi connectivity index (χ3n) is 2.77. The Hall–Kier alpha value is 0.160. The van der Waals surface area contributed by atoms with Crippen molar-refractivity contribution in [1.82, 2.24) is 10.2 Å². The second-order valence-corrected chi connectivity index (χ2v) is 6.54. The lowest BCUT2D eigenvalue weighted by atomic mass is 10.2. The maximum absolute atomic E-state index is 6.12. The van der Waals surface area contributed by atoms with Crippen LogP contribution in [0.25, 0.3) is 0 Å². The predicted molar refractivity (Wildman–Crippen MR) is 80.1 cm³/mol. The number of likely N-dealkylation sites (N-methyl/N-ethyl adjacent to an activating group) is 1. The Bertz CT molecular complexity index is 360. The molecule has 0 aliphatic carbocycles. The van der Waals surface area contributed by atoms with Crippen LogP contribution < -0.4 is 5.32 Å². The molecule has 1 aromatic rings. The molecule has 0 spiro atoms. The van der Waals surface area contributed by atoms with Crippen LogP contribution in [0.4, 0.5) is 0 Å². The summed E-state index contributed by atoms with van der Waals surface area (Å²) in [5.74, 6) is 0. The highest BCUT2D eigenvalue weighted by Crippen LogP contribution is 2.34. The number of ether oxygens (including phenoxy) is 1. The van der Waals surface area contributed by atoms with Crippen molar-refractivity contribution >= 4 is 34.5 Å². The number of hydrogen-bond acceptors (Lipinski definition) is 4. The minimum absolute atomic E-state index is 0.220. The first kappa shape index (κ1) is 16.2. The molecule has 0 fully saturated rings. The number of rotatable bonds is 8. The van der Waals surface area contributed by atoms with Gasteiger partial charge in [-0.15, -0.1) is 11.3 Å². The number of nitrogens with zero attached hydrogens (tertiary/aromatic N) is 1. The highest BCUT2D eigenvalue weighted by molar-refractivity contribution is 7.20. The van der Waals surface area contributed by atoms with Crippen molar-refractivity contribution in [2.24, 2.45) is 0 Å². The lowest BCUT2D eigenvalue weighted by Gasteiger charge is -2.18. The molecule has 0 radical (unpaired) electrons. The van der Waals surface area contributed by atoms with E-state index in [0.717, 1.165) is 40.5 Å². The van der Waals surface area contributed by atoms with Gasteiger partial charge in [0.15, 0.2) is 0 Å². The van der Waals surface area contributed by atoms with Crippen LogP contribution in [0.2, 0.25) is 8.67 Å². The van der Waals surface area contributed by atoms with Gasteiger partial charge >= 0.3 is 0 Å². The van der Waals surface area contributed by atoms with Gasteiger partial charge in [0, 0.05) is 32.8 Å². The van der Waals surface area contributed by atoms with Gasteiger partial charge in [-0.05, 0) is 25.6 Å². The van der Waals surface area contributed by atoms with Crippen LogP contribution in [0.3, 0.4) is 0 Å². The van der Waals surface area contributed by atoms with Crippen molar-refractivity contribution < 1.29 is 4.74 Å². The Morgan fingerprint density at radius 2 is 2.17 bits per heavy atom. The Kier molecular flexibility index (Phi) is 7.53. The number of methoxy groups -OCH3 is 1. The summed E-state index contributed by atoms with van der Waals surface area (Å²) < 4.78 is 6.54. The van der Waals surface area contributed by atoms with E-state index in [0.29, 0.717) is 0 Å². The zero-order valence-corrected chi connectivity index (χ0v) is 13.3. The molecule has 0 bridgehead atoms. The van der Waals surface area contributed by atoms with Crippen LogP contribution in [0.5, 0.6) is 0 Å². The Morgan fingerprint density at radius 3 is 2.72 bits per heavy atom. The summed E-state index contributed by atoms with van der Waals surface area (Å²) in [5.41, 5.74) is 1.08. The first-order chi connectivity index (χ1) is 8.54. The van der Waals surface area contributed by atoms with Crippen molar-refractivity contribution in [3.05, 3.63) is 20.3 Å². The van der Waals surface area contributed by atoms with Gasteiger partial charge < -0.3 is 15.0 Å². The average molecular weight is 311 g/mol. The SMILES string of the molecule is COCCN(C)CCNC(C)c1cc(Cl)sc1Cl. The minimum atomic E-state index is 0.220. The summed E-state index contributed by atoms with van der Waals surface area (Å²) >= 11 is 13.5. The molecule has 3 nitrogen and oxygen atoms in total. The van der Waals surface area contributed by atoms with Crippen molar-refractivity contribution in [1.29, 1.82) is 0 Å². The molecule has 0 aliphatic rings. The average Bonchev–Trinajstić information content (AvgIpc) is 2.65. The van der Waals surface area contributed by atoms with E-state index in [1.807, 2.05) is 6.07 Å². The fourth-order valence-electron chi connectivity index (χ4n) is 1.59. The van der Waals surface area contributed by atoms with Gasteiger partial charge in [0.05, 0.1) is 15.3 Å². The molecule has 1 N–H and O–H groups in total. The summed E-state index contributed by atoms with van der Waals surface area (Å²) in [4.78, 5) is 2.23. The quantitative estimate of drug-likeness (QED) is 0.797. The first-order valence-electron chi connectivity index (χ1n) is 5.90. The fourth-order valence-corrected chi connectivity index (χ4v) is 3.23. The van der Waals surface area contributed by atoms with Crippen LogP contribution in [0.15, 0.2) is 6.07 Å². The maximum Gasteiger partial charge on any atom is 0.0991 e. The molecule has 18 heavy (non-hydrogen) atoms. The number of hydrogen-bond donors (Lipinski definition) is 1. The van der Waals surface area contributed by atoms with Crippen LogP contribution in [-0.4, -0.2) is 45.3 Å². The van der Waals surface area contributed by atoms with E-state index in [4.69, 9.17) is 27.9 Å². The molecule has 6 heteroatoms. The van der Waals surface area contributed by atoms with Gasteiger partial charge in [0.25, 0.3) is 0 Å². The number of thiophene rings is 1. The molecule has 1 heterocycles. The molecule has 0 saturated carbocycles. The zero-order valence-electron chi connectivity index (χ0n) is 11.0. The Morgan fingerprint density at radius 1 is 1.44 bits per heavy atom. The van der Waals surface area contributed by atoms with Gasteiger partial charge in [0.2, 0.25) is 0 Å². The van der Waals surface area contributed by atoms with Crippen molar-refractivity contribution in [2.45, 2.75) is 13.0 Å². The van der Waals surface area contributed by atoms with Gasteiger partial charge in [-0.2, -0.15) is 0 Å². The summed E-state index contributed by atoms with van der Waals surface area (Å²) in [6, 6.07) is 2.15. The molecule has 1 atom stereocenters. The highest BCUT2D eigenvalue weighted by atomic mass is 35.5. The first-order valence-corrected chi connectivity index (χ1v) is 7.47. The Labute approximate surface area is 123 Å². The molecular formula is C12H20Cl2N2OS. The third-order valence-corrected chi connectivity index (χ3v) is 4.29. The predicted octanol–water partition coefficient (Wildman–Crippen LogP) is 3.28. The lowest BCUT2D eigenvalue weighted by Crippen LogP contribution is -2.32. The number of halogens is 2. The zero-order chi connectivity index (χ0) is 13.5. The molecule has 0 aliphatic heterocycles. The van der Waals surface area contributed by atoms with Gasteiger partial charge in [-0.1, -0.05) is 23.2 Å². The molecular weight excluding hydrogens is 291 g/mol. The summed E-state index contributed by atoms with van der Waals surface area (Å²) in [5, 5.41) is 3.44. The van der Waals surface area contributed by atoms with E-state index < -0.39 is 0 Å². The second kappa shape index (κ2) is 8.35. The van der Waals surface area contributed by atoms with E-state index in [9.17, 15) is 0 Å². The van der Waals surface area contributed by atoms with Crippen LogP contribution in [0, 0.1) is 0 Å². The van der Waals surface area contributed by atoms with Gasteiger partial charge in [0.1, 0.15) is 0 Å². The largest absolute Gasteiger partial charge is 0.383 e. The highest BCUT2D eigenvalue weighted by Gasteiger charge is 2.12. The van der Waals surface area contributed by atoms with Crippen LogP contribution in [0.1, 0.15) is 18.5 Å². The molecule has 0 aromatic carbocycles. The molecule has 1 unspecified atom stereocenters. The second-order valence-electron chi connectivity index (χ2n) is 4.25. The van der Waals surface area contributed by atoms with E-state index in [1.54, 1.807) is 7.11 Å². The standard InChI is InChI=1S/C12H20Cl2N2OS/c1-9(10-8-11(13)18-12(10)14)15-4-5-16(2)6-7-17-3/h8-9,15H,4-7H2,1-3H3. The van der Waals surface area contributed by atoms with E-state index in [1.165, 1.54) is 11.3 Å². The number of nitrogens with one attached hydrogen (secondary N) is 1. The molecule has 1 rings (SSSR count). The van der Waals surface area contributed by atoms with Gasteiger partial charge in [-0.3, -0.25) is 0 Å². The van der Waals surface area contributed by atoms with Crippen LogP contribution >= 0.6 is 34.5 Å². The Balaban J connectivity index is 2.29. The summed E-state index contributed by atoms with van der Waals surface area (Å²) in [6.45, 7) is 5.68. The third kappa shape index (κ3) is 5.43. The van der Waals surface area contributed by atoms with E-state index in [-0.39, 0.29) is 6.04 Å². The van der Waals surface area contributed by atoms with Crippen molar-refractivity contribution in [3.63, 3.8) is 0 Å². The van der Waals surface area contributed by atoms with Crippen molar-refractivity contribution in [2.75, 3.05) is 40.4 Å². The van der Waals surface area contributed by atoms with Crippen LogP contribution in [-0.2, 0) is 4.74 Å². The van der Waals surface area contributed by atoms with E-state index in [2.05, 4.69) is 24.2 Å². The maximum atomic E-state index is 6.12. The lowest BCUT2D eigenvalue weighted by molar-refractivity contribution is 0.161. The minimum Gasteiger partial charge on any atom is -0.383 e. The van der Waals surface area contributed by atoms with Gasteiger partial charge in [-0.25, -0.2) is 0 Å². The fraction of sp³-hybridized carbons (Fsp3) is 0.667. The topological polar surface area (TPSA) is 24.5 Å². The monoisotopic (exact) mass is 310 g/mol. The molecule has 0 saturated heterocycles. The molecule has 0 amide bonds. The van der Waals surface area contributed by atoms with Crippen molar-refractivity contribution in [3.8, 4) is 0 Å². The summed E-state index contributed by atoms with van der Waals surface area (Å²) in [7, 11) is 3.80. The summed E-state index contributed by atoms with van der Waals surface area (Å²) in [6.07, 6.45) is 0. The molecule has 1 aromatic heterocycles. The van der Waals surface area contributed by atoms with E-state index >= 15 is 0 Å².